The maximum Gasteiger partial charge on any atom is 0.270 e. The van der Waals surface area contributed by atoms with Crippen LogP contribution < -0.4 is 4.72 Å². The van der Waals surface area contributed by atoms with Crippen LogP contribution in [-0.2, 0) is 17.1 Å². The minimum atomic E-state index is -3.78. The lowest BCUT2D eigenvalue weighted by molar-refractivity contribution is 0.0714. The normalized spacial score (nSPS) is 15.0. The van der Waals surface area contributed by atoms with Crippen molar-refractivity contribution in [3.05, 3.63) is 46.8 Å². The lowest BCUT2D eigenvalue weighted by Gasteiger charge is -2.26. The van der Waals surface area contributed by atoms with E-state index in [4.69, 9.17) is 0 Å². The van der Waals surface area contributed by atoms with Gasteiger partial charge in [-0.1, -0.05) is 6.07 Å². The quantitative estimate of drug-likeness (QED) is 0.871. The van der Waals surface area contributed by atoms with E-state index in [2.05, 4.69) is 4.72 Å². The zero-order chi connectivity index (χ0) is 19.8. The molecule has 3 rings (SSSR count). The molecule has 7 heteroatoms. The third kappa shape index (κ3) is 3.88. The van der Waals surface area contributed by atoms with Gasteiger partial charge in [0.2, 0.25) is 0 Å². The van der Waals surface area contributed by atoms with E-state index in [0.29, 0.717) is 17.1 Å². The molecular formula is C20H27N3O3S. The Morgan fingerprint density at radius 2 is 1.67 bits per heavy atom. The number of sulfonamides is 1. The first-order chi connectivity index (χ1) is 12.7. The first-order valence-corrected chi connectivity index (χ1v) is 10.7. The Bertz CT molecular complexity index is 971. The Morgan fingerprint density at radius 3 is 2.30 bits per heavy atom. The number of hydrogen-bond acceptors (Lipinski definition) is 3. The lowest BCUT2D eigenvalue weighted by atomic mass is 10.1. The van der Waals surface area contributed by atoms with Crippen LogP contribution >= 0.6 is 0 Å². The lowest BCUT2D eigenvalue weighted by Crippen LogP contribution is -2.36. The van der Waals surface area contributed by atoms with Gasteiger partial charge in [0.1, 0.15) is 10.6 Å². The van der Waals surface area contributed by atoms with Crippen LogP contribution in [0.15, 0.2) is 29.2 Å². The number of rotatable bonds is 4. The summed E-state index contributed by atoms with van der Waals surface area (Å²) in [7, 11) is -2.04. The number of benzene rings is 1. The van der Waals surface area contributed by atoms with E-state index in [1.807, 2.05) is 30.9 Å². The molecule has 27 heavy (non-hydrogen) atoms. The van der Waals surface area contributed by atoms with E-state index in [9.17, 15) is 13.2 Å². The molecule has 1 aliphatic rings. The fourth-order valence-corrected chi connectivity index (χ4v) is 4.76. The summed E-state index contributed by atoms with van der Waals surface area (Å²) >= 11 is 0. The number of aromatic nitrogens is 1. The highest BCUT2D eigenvalue weighted by molar-refractivity contribution is 7.92. The Kier molecular flexibility index (Phi) is 5.33. The Balaban J connectivity index is 1.91. The first kappa shape index (κ1) is 19.5. The van der Waals surface area contributed by atoms with Gasteiger partial charge in [-0.05, 0) is 69.4 Å². The molecule has 1 N–H and O–H groups in total. The van der Waals surface area contributed by atoms with E-state index in [1.165, 1.54) is 6.07 Å². The predicted molar refractivity (Wildman–Crippen MR) is 107 cm³/mol. The molecule has 1 aromatic heterocycles. The van der Waals surface area contributed by atoms with Crippen LogP contribution in [0.2, 0.25) is 0 Å². The number of nitrogens with zero attached hydrogens (tertiary/aromatic N) is 2. The monoisotopic (exact) mass is 389 g/mol. The number of likely N-dealkylation sites (tertiary alicyclic amines) is 1. The summed E-state index contributed by atoms with van der Waals surface area (Å²) in [6.07, 6.45) is 3.12. The average Bonchev–Trinajstić information content (AvgIpc) is 2.94. The molecular weight excluding hydrogens is 362 g/mol. The zero-order valence-corrected chi connectivity index (χ0v) is 17.2. The highest BCUT2D eigenvalue weighted by Gasteiger charge is 2.27. The number of amides is 1. The Hall–Kier alpha value is -2.28. The topological polar surface area (TPSA) is 71.4 Å². The zero-order valence-electron chi connectivity index (χ0n) is 16.4. The van der Waals surface area contributed by atoms with Gasteiger partial charge < -0.3 is 9.47 Å². The third-order valence-electron chi connectivity index (χ3n) is 5.40. The van der Waals surface area contributed by atoms with Gasteiger partial charge in [-0.25, -0.2) is 8.42 Å². The van der Waals surface area contributed by atoms with Gasteiger partial charge in [-0.3, -0.25) is 9.52 Å². The molecule has 6 nitrogen and oxygen atoms in total. The molecule has 0 bridgehead atoms. The van der Waals surface area contributed by atoms with Gasteiger partial charge in [-0.2, -0.15) is 0 Å². The van der Waals surface area contributed by atoms with Crippen molar-refractivity contribution in [1.29, 1.82) is 0 Å². The number of aryl methyl sites for hydroxylation is 2. The molecule has 1 aliphatic heterocycles. The van der Waals surface area contributed by atoms with Crippen LogP contribution in [-0.4, -0.2) is 36.9 Å². The molecule has 0 aliphatic carbocycles. The smallest absolute Gasteiger partial charge is 0.270 e. The predicted octanol–water partition coefficient (Wildman–Crippen LogP) is 3.38. The molecule has 0 spiro atoms. The van der Waals surface area contributed by atoms with Crippen molar-refractivity contribution >= 4 is 21.6 Å². The summed E-state index contributed by atoms with van der Waals surface area (Å²) in [4.78, 5) is 14.8. The SMILES string of the molecule is Cc1ccc(NS(=O)(=O)c2cc(C(=O)N3CCCCC3)n(C)c2C)cc1C. The molecule has 2 heterocycles. The van der Waals surface area contributed by atoms with E-state index in [0.717, 1.165) is 43.5 Å². The van der Waals surface area contributed by atoms with Crippen LogP contribution in [0.4, 0.5) is 5.69 Å². The summed E-state index contributed by atoms with van der Waals surface area (Å²) in [6.45, 7) is 7.10. The minimum Gasteiger partial charge on any atom is -0.343 e. The van der Waals surface area contributed by atoms with Crippen LogP contribution in [0.1, 0.15) is 46.6 Å². The number of nitrogens with one attached hydrogen (secondary N) is 1. The average molecular weight is 390 g/mol. The summed E-state index contributed by atoms with van der Waals surface area (Å²) < 4.78 is 30.2. The van der Waals surface area contributed by atoms with Gasteiger partial charge in [0.15, 0.2) is 0 Å². The van der Waals surface area contributed by atoms with Gasteiger partial charge in [0.05, 0.1) is 0 Å². The summed E-state index contributed by atoms with van der Waals surface area (Å²) in [5, 5.41) is 0. The van der Waals surface area contributed by atoms with Crippen molar-refractivity contribution < 1.29 is 13.2 Å². The number of anilines is 1. The standard InChI is InChI=1S/C20H27N3O3S/c1-14-8-9-17(12-15(14)2)21-27(25,26)19-13-18(22(4)16(19)3)20(24)23-10-6-5-7-11-23/h8-9,12-13,21H,5-7,10-11H2,1-4H3. The first-order valence-electron chi connectivity index (χ1n) is 9.26. The highest BCUT2D eigenvalue weighted by Crippen LogP contribution is 2.25. The number of hydrogen-bond donors (Lipinski definition) is 1. The van der Waals surface area contributed by atoms with Gasteiger partial charge in [0, 0.05) is 31.5 Å². The molecule has 1 amide bonds. The molecule has 0 atom stereocenters. The maximum absolute atomic E-state index is 12.9. The van der Waals surface area contributed by atoms with Crippen molar-refractivity contribution in [2.75, 3.05) is 17.8 Å². The van der Waals surface area contributed by atoms with Crippen molar-refractivity contribution in [2.45, 2.75) is 44.9 Å². The Morgan fingerprint density at radius 1 is 1.00 bits per heavy atom. The van der Waals surface area contributed by atoms with E-state index in [-0.39, 0.29) is 10.8 Å². The number of carbonyl (C=O) groups excluding carboxylic acids is 1. The molecule has 1 aromatic carbocycles. The Labute approximate surface area is 161 Å². The fraction of sp³-hybridized carbons (Fsp3) is 0.450. The second kappa shape index (κ2) is 7.38. The summed E-state index contributed by atoms with van der Waals surface area (Å²) in [5.74, 6) is -0.104. The van der Waals surface area contributed by atoms with Crippen LogP contribution in [0.3, 0.4) is 0 Å². The van der Waals surface area contributed by atoms with Crippen LogP contribution in [0.25, 0.3) is 0 Å². The van der Waals surface area contributed by atoms with Crippen LogP contribution in [0, 0.1) is 20.8 Å². The largest absolute Gasteiger partial charge is 0.343 e. The highest BCUT2D eigenvalue weighted by atomic mass is 32.2. The molecule has 0 saturated carbocycles. The van der Waals surface area contributed by atoms with Crippen molar-refractivity contribution in [2.24, 2.45) is 7.05 Å². The number of carbonyl (C=O) groups is 1. The fourth-order valence-electron chi connectivity index (χ4n) is 3.42. The second-order valence-corrected chi connectivity index (χ2v) is 8.95. The molecule has 146 valence electrons. The maximum atomic E-state index is 12.9. The van der Waals surface area contributed by atoms with Gasteiger partial charge >= 0.3 is 0 Å². The van der Waals surface area contributed by atoms with E-state index >= 15 is 0 Å². The van der Waals surface area contributed by atoms with Gasteiger partial charge in [0.25, 0.3) is 15.9 Å². The molecule has 0 radical (unpaired) electrons. The van der Waals surface area contributed by atoms with Crippen molar-refractivity contribution in [3.63, 3.8) is 0 Å². The number of piperidine rings is 1. The summed E-state index contributed by atoms with van der Waals surface area (Å²) in [5.41, 5.74) is 3.59. The van der Waals surface area contributed by atoms with Crippen molar-refractivity contribution in [1.82, 2.24) is 9.47 Å². The molecule has 0 unspecified atom stereocenters. The van der Waals surface area contributed by atoms with E-state index in [1.54, 1.807) is 24.6 Å². The molecule has 2 aromatic rings. The van der Waals surface area contributed by atoms with E-state index < -0.39 is 10.0 Å². The molecule has 1 fully saturated rings. The van der Waals surface area contributed by atoms with Crippen LogP contribution in [0.5, 0.6) is 0 Å². The third-order valence-corrected chi connectivity index (χ3v) is 6.90. The molecule has 1 saturated heterocycles. The van der Waals surface area contributed by atoms with Crippen molar-refractivity contribution in [3.8, 4) is 0 Å². The van der Waals surface area contributed by atoms with Gasteiger partial charge in [-0.15, -0.1) is 0 Å². The second-order valence-electron chi connectivity index (χ2n) is 7.30. The summed E-state index contributed by atoms with van der Waals surface area (Å²) in [6, 6.07) is 6.94. The minimum absolute atomic E-state index is 0.104.